The monoisotopic (exact) mass is 477 g/mol. The van der Waals surface area contributed by atoms with E-state index in [1.54, 1.807) is 37.6 Å². The summed E-state index contributed by atoms with van der Waals surface area (Å²) in [6.45, 7) is 3.73. The fourth-order valence-electron chi connectivity index (χ4n) is 4.91. The molecule has 3 N–H and O–H groups in total. The Balaban J connectivity index is 1.38. The van der Waals surface area contributed by atoms with E-state index in [0.29, 0.717) is 34.4 Å². The molecule has 0 spiro atoms. The van der Waals surface area contributed by atoms with Crippen molar-refractivity contribution >= 4 is 17.6 Å². The van der Waals surface area contributed by atoms with Gasteiger partial charge in [-0.15, -0.1) is 0 Å². The van der Waals surface area contributed by atoms with E-state index in [-0.39, 0.29) is 23.6 Å². The first kappa shape index (κ1) is 23.1. The lowest BCUT2D eigenvalue weighted by atomic mass is 9.88. The zero-order valence-corrected chi connectivity index (χ0v) is 20.1. The molecular weight excluding hydrogens is 447 g/mol. The molecule has 3 aromatic rings. The summed E-state index contributed by atoms with van der Waals surface area (Å²) in [6, 6.07) is 6.07. The van der Waals surface area contributed by atoms with Crippen molar-refractivity contribution in [3.63, 3.8) is 0 Å². The van der Waals surface area contributed by atoms with Gasteiger partial charge in [-0.25, -0.2) is 15.1 Å². The third kappa shape index (κ3) is 4.94. The number of aromatic amines is 1. The van der Waals surface area contributed by atoms with Crippen LogP contribution in [0.25, 0.3) is 11.1 Å². The summed E-state index contributed by atoms with van der Waals surface area (Å²) in [6.07, 6.45) is 7.54. The number of nitrogens with zero attached hydrogens (tertiary/aromatic N) is 3. The Hall–Kier alpha value is -3.62. The second kappa shape index (κ2) is 9.20. The van der Waals surface area contributed by atoms with Crippen molar-refractivity contribution in [3.05, 3.63) is 59.6 Å². The largest absolute Gasteiger partial charge is 0.337 e. The molecule has 0 unspecified atom stereocenters. The molecule has 2 aliphatic rings. The Kier molecular flexibility index (Phi) is 6.08. The Bertz CT molecular complexity index is 1270. The highest BCUT2D eigenvalue weighted by molar-refractivity contribution is 6.00. The van der Waals surface area contributed by atoms with E-state index < -0.39 is 12.0 Å². The average molecular weight is 478 g/mol. The fourth-order valence-corrected chi connectivity index (χ4v) is 4.91. The molecule has 2 aliphatic carbocycles. The number of nitrogens with one attached hydrogen (secondary N) is 3. The van der Waals surface area contributed by atoms with Crippen LogP contribution in [-0.2, 0) is 11.8 Å². The molecule has 0 saturated heterocycles. The van der Waals surface area contributed by atoms with Gasteiger partial charge in [-0.2, -0.15) is 9.49 Å². The third-order valence-corrected chi connectivity index (χ3v) is 7.01. The molecule has 3 aromatic heterocycles. The van der Waals surface area contributed by atoms with Crippen LogP contribution in [0.3, 0.4) is 0 Å². The van der Waals surface area contributed by atoms with Crippen LogP contribution in [0.1, 0.15) is 47.4 Å². The molecule has 0 aliphatic heterocycles. The number of hydrogen-bond donors (Lipinski definition) is 2. The Morgan fingerprint density at radius 2 is 1.83 bits per heavy atom. The van der Waals surface area contributed by atoms with Crippen LogP contribution in [0, 0.1) is 37.5 Å². The molecule has 0 aromatic carbocycles. The molecule has 182 valence electrons. The number of carbonyl (C=O) groups is 2. The molecule has 5 rings (SSSR count). The number of aromatic nitrogens is 4. The third-order valence-electron chi connectivity index (χ3n) is 7.01. The van der Waals surface area contributed by atoms with Gasteiger partial charge >= 0.3 is 5.91 Å². The lowest BCUT2D eigenvalue weighted by molar-refractivity contribution is -0.404. The maximum Gasteiger partial charge on any atom is 0.330 e. The van der Waals surface area contributed by atoms with Crippen LogP contribution in [0.15, 0.2) is 36.7 Å². The van der Waals surface area contributed by atoms with Gasteiger partial charge in [0, 0.05) is 36.8 Å². The quantitative estimate of drug-likeness (QED) is 0.486. The van der Waals surface area contributed by atoms with Gasteiger partial charge in [-0.1, -0.05) is 0 Å². The van der Waals surface area contributed by atoms with Crippen LogP contribution in [0.5, 0.6) is 0 Å². The number of halogens is 1. The Morgan fingerprint density at radius 1 is 1.11 bits per heavy atom. The number of hydrogen-bond acceptors (Lipinski definition) is 4. The summed E-state index contributed by atoms with van der Waals surface area (Å²) >= 11 is 0. The molecule has 9 heteroatoms. The number of rotatable bonds is 8. The highest BCUT2D eigenvalue weighted by atomic mass is 19.1. The number of pyridine rings is 2. The van der Waals surface area contributed by atoms with E-state index in [1.807, 2.05) is 19.9 Å². The predicted molar refractivity (Wildman–Crippen MR) is 128 cm³/mol. The number of aryl methyl sites for hydroxylation is 3. The van der Waals surface area contributed by atoms with Gasteiger partial charge in [0.1, 0.15) is 11.7 Å². The van der Waals surface area contributed by atoms with Gasteiger partial charge < -0.3 is 5.32 Å². The molecule has 2 fully saturated rings. The van der Waals surface area contributed by atoms with E-state index in [2.05, 4.69) is 25.7 Å². The van der Waals surface area contributed by atoms with Crippen LogP contribution >= 0.6 is 0 Å². The summed E-state index contributed by atoms with van der Waals surface area (Å²) in [4.78, 5) is 33.4. The summed E-state index contributed by atoms with van der Waals surface area (Å²) in [5, 5.41) is 9.83. The molecule has 0 radical (unpaired) electrons. The van der Waals surface area contributed by atoms with E-state index in [9.17, 15) is 9.59 Å². The molecular formula is C26H30FN6O2+. The summed E-state index contributed by atoms with van der Waals surface area (Å²) < 4.78 is 16.5. The second-order valence-electron chi connectivity index (χ2n) is 9.78. The first-order valence-corrected chi connectivity index (χ1v) is 12.1. The molecule has 3 heterocycles. The number of carbonyl (C=O) groups excluding carboxylic acids is 2. The Morgan fingerprint density at radius 3 is 2.43 bits per heavy atom. The van der Waals surface area contributed by atoms with Crippen molar-refractivity contribution in [2.75, 3.05) is 5.32 Å². The molecule has 35 heavy (non-hydrogen) atoms. The van der Waals surface area contributed by atoms with Crippen LogP contribution in [0.2, 0.25) is 0 Å². The standard InChI is InChI=1S/C26H29FN6O2/c1-14-12-19(15(2)28-13-14)18-8-9-21(30-24(18)27)31-26(35)23(22(16-4-5-16)17-6-7-17)32-25(34)20-10-11-29-33(20)3/h8-13,16-17,22-23H,4-7H2,1-3H3,(H,32,34)(H,30,31,35)/p+1/t23-/m0/s1. The Labute approximate surface area is 203 Å². The van der Waals surface area contributed by atoms with Crippen LogP contribution in [0.4, 0.5) is 10.2 Å². The van der Waals surface area contributed by atoms with E-state index in [0.717, 1.165) is 31.2 Å². The normalized spacial score (nSPS) is 16.3. The van der Waals surface area contributed by atoms with Gasteiger partial charge in [0.2, 0.25) is 0 Å². The molecule has 8 nitrogen and oxygen atoms in total. The minimum Gasteiger partial charge on any atom is -0.337 e. The van der Waals surface area contributed by atoms with Crippen molar-refractivity contribution in [2.24, 2.45) is 24.8 Å². The van der Waals surface area contributed by atoms with Crippen molar-refractivity contribution < 1.29 is 19.0 Å². The van der Waals surface area contributed by atoms with Gasteiger partial charge in [-0.05, 0) is 81.0 Å². The molecule has 1 atom stereocenters. The minimum absolute atomic E-state index is 0.0670. The van der Waals surface area contributed by atoms with Crippen molar-refractivity contribution in [1.82, 2.24) is 20.1 Å². The lowest BCUT2D eigenvalue weighted by Crippen LogP contribution is -2.50. The van der Waals surface area contributed by atoms with E-state index in [4.69, 9.17) is 0 Å². The first-order chi connectivity index (χ1) is 16.8. The van der Waals surface area contributed by atoms with Crippen LogP contribution in [-0.4, -0.2) is 32.6 Å². The van der Waals surface area contributed by atoms with Crippen LogP contribution < -0.4 is 15.6 Å². The minimum atomic E-state index is -0.711. The fraction of sp³-hybridized carbons (Fsp3) is 0.423. The lowest BCUT2D eigenvalue weighted by Gasteiger charge is -2.25. The maximum absolute atomic E-state index is 15.1. The average Bonchev–Trinajstić information content (AvgIpc) is 3.75. The number of H-pyrrole nitrogens is 1. The van der Waals surface area contributed by atoms with E-state index >= 15 is 4.39 Å². The van der Waals surface area contributed by atoms with E-state index in [1.165, 1.54) is 4.68 Å². The SMILES string of the molecule is Cc1cnc(C)c(-c2ccc(NC(=O)[C@@H](NC(=O)c3ccnn3C)C(C3CC3)C3CC3)[nH+]c2F)c1. The predicted octanol–water partition coefficient (Wildman–Crippen LogP) is 3.23. The van der Waals surface area contributed by atoms with Crippen molar-refractivity contribution in [1.29, 1.82) is 0 Å². The zero-order chi connectivity index (χ0) is 24.7. The van der Waals surface area contributed by atoms with Crippen molar-refractivity contribution in [3.8, 4) is 11.1 Å². The zero-order valence-electron chi connectivity index (χ0n) is 20.1. The van der Waals surface area contributed by atoms with Crippen molar-refractivity contribution in [2.45, 2.75) is 45.6 Å². The summed E-state index contributed by atoms with van der Waals surface area (Å²) in [5.41, 5.74) is 3.11. The van der Waals surface area contributed by atoms with Gasteiger partial charge in [-0.3, -0.25) is 14.5 Å². The number of amides is 2. The number of anilines is 1. The van der Waals surface area contributed by atoms with Gasteiger partial charge in [0.15, 0.2) is 0 Å². The molecule has 0 bridgehead atoms. The maximum atomic E-state index is 15.1. The first-order valence-electron chi connectivity index (χ1n) is 12.1. The van der Waals surface area contributed by atoms with Gasteiger partial charge in [0.25, 0.3) is 17.7 Å². The second-order valence-corrected chi connectivity index (χ2v) is 9.78. The highest BCUT2D eigenvalue weighted by Crippen LogP contribution is 2.50. The summed E-state index contributed by atoms with van der Waals surface area (Å²) in [7, 11) is 1.69. The molecule has 2 saturated carbocycles. The van der Waals surface area contributed by atoms with Gasteiger partial charge in [0.05, 0.1) is 5.56 Å². The summed E-state index contributed by atoms with van der Waals surface area (Å²) in [5.74, 6) is -0.105. The topological polar surface area (TPSA) is 103 Å². The highest BCUT2D eigenvalue weighted by Gasteiger charge is 2.49. The molecule has 2 amide bonds. The smallest absolute Gasteiger partial charge is 0.330 e.